The van der Waals surface area contributed by atoms with Gasteiger partial charge in [0.2, 0.25) is 5.91 Å². The molecule has 6 heteroatoms. The largest absolute Gasteiger partial charge is 0.391 e. The summed E-state index contributed by atoms with van der Waals surface area (Å²) in [6, 6.07) is 0.273. The molecule has 1 saturated carbocycles. The molecule has 0 aromatic heterocycles. The molecule has 1 aliphatic heterocycles. The number of rotatable bonds is 3. The van der Waals surface area contributed by atoms with E-state index in [0.29, 0.717) is 19.4 Å². The van der Waals surface area contributed by atoms with E-state index in [1.165, 1.54) is 0 Å². The SMILES string of the molecule is O=C(NCC1CCCCN1)C1CCCC(C(F)(F)F)C1. The van der Waals surface area contributed by atoms with Crippen molar-refractivity contribution in [2.24, 2.45) is 11.8 Å². The summed E-state index contributed by atoms with van der Waals surface area (Å²) in [5, 5.41) is 6.14. The van der Waals surface area contributed by atoms with Crippen molar-refractivity contribution in [2.45, 2.75) is 57.2 Å². The Morgan fingerprint density at radius 2 is 1.95 bits per heavy atom. The van der Waals surface area contributed by atoms with Crippen molar-refractivity contribution in [3.8, 4) is 0 Å². The molecule has 3 unspecified atom stereocenters. The van der Waals surface area contributed by atoms with Crippen molar-refractivity contribution in [3.05, 3.63) is 0 Å². The number of alkyl halides is 3. The Kier molecular flexibility index (Phi) is 5.29. The molecule has 1 amide bonds. The van der Waals surface area contributed by atoms with Gasteiger partial charge in [-0.2, -0.15) is 13.2 Å². The predicted molar refractivity (Wildman–Crippen MR) is 70.2 cm³/mol. The lowest BCUT2D eigenvalue weighted by atomic mass is 9.80. The summed E-state index contributed by atoms with van der Waals surface area (Å²) in [5.41, 5.74) is 0. The fraction of sp³-hybridized carbons (Fsp3) is 0.929. The van der Waals surface area contributed by atoms with E-state index in [-0.39, 0.29) is 24.8 Å². The fourth-order valence-corrected chi connectivity index (χ4v) is 3.19. The topological polar surface area (TPSA) is 41.1 Å². The van der Waals surface area contributed by atoms with Gasteiger partial charge in [-0.1, -0.05) is 12.8 Å². The van der Waals surface area contributed by atoms with Crippen LogP contribution in [-0.4, -0.2) is 31.2 Å². The summed E-state index contributed by atoms with van der Waals surface area (Å²) in [5.74, 6) is -1.98. The molecule has 1 heterocycles. The maximum atomic E-state index is 12.7. The fourth-order valence-electron chi connectivity index (χ4n) is 3.19. The van der Waals surface area contributed by atoms with Crippen LogP contribution in [0.4, 0.5) is 13.2 Å². The van der Waals surface area contributed by atoms with Crippen LogP contribution in [0.25, 0.3) is 0 Å². The van der Waals surface area contributed by atoms with Crippen molar-refractivity contribution in [3.63, 3.8) is 0 Å². The van der Waals surface area contributed by atoms with E-state index in [4.69, 9.17) is 0 Å². The minimum absolute atomic E-state index is 0.0482. The Morgan fingerprint density at radius 1 is 1.15 bits per heavy atom. The quantitative estimate of drug-likeness (QED) is 0.839. The van der Waals surface area contributed by atoms with Gasteiger partial charge in [0.1, 0.15) is 0 Å². The number of carbonyl (C=O) groups excluding carboxylic acids is 1. The third-order valence-electron chi connectivity index (χ3n) is 4.44. The summed E-state index contributed by atoms with van der Waals surface area (Å²) in [6.07, 6.45) is 0.346. The van der Waals surface area contributed by atoms with Gasteiger partial charge in [0, 0.05) is 18.5 Å². The van der Waals surface area contributed by atoms with Gasteiger partial charge in [-0.25, -0.2) is 0 Å². The van der Waals surface area contributed by atoms with Crippen LogP contribution in [0.1, 0.15) is 44.9 Å². The monoisotopic (exact) mass is 292 g/mol. The Morgan fingerprint density at radius 3 is 2.60 bits per heavy atom. The number of hydrogen-bond donors (Lipinski definition) is 2. The molecular formula is C14H23F3N2O. The third-order valence-corrected chi connectivity index (χ3v) is 4.44. The van der Waals surface area contributed by atoms with Gasteiger partial charge in [-0.15, -0.1) is 0 Å². The molecule has 2 aliphatic rings. The van der Waals surface area contributed by atoms with Crippen molar-refractivity contribution >= 4 is 5.91 Å². The highest BCUT2D eigenvalue weighted by Gasteiger charge is 2.43. The second-order valence-electron chi connectivity index (χ2n) is 5.99. The van der Waals surface area contributed by atoms with Gasteiger partial charge in [0.25, 0.3) is 0 Å². The molecular weight excluding hydrogens is 269 g/mol. The lowest BCUT2D eigenvalue weighted by Gasteiger charge is -2.30. The molecule has 0 aromatic carbocycles. The molecule has 0 aromatic rings. The van der Waals surface area contributed by atoms with E-state index < -0.39 is 18.0 Å². The standard InChI is InChI=1S/C14H23F3N2O/c15-14(16,17)11-5-3-4-10(8-11)13(20)19-9-12-6-1-2-7-18-12/h10-12,18H,1-9H2,(H,19,20). The van der Waals surface area contributed by atoms with Gasteiger partial charge >= 0.3 is 6.18 Å². The van der Waals surface area contributed by atoms with E-state index in [9.17, 15) is 18.0 Å². The second-order valence-corrected chi connectivity index (χ2v) is 5.99. The van der Waals surface area contributed by atoms with Gasteiger partial charge in [0.05, 0.1) is 5.92 Å². The first-order valence-electron chi connectivity index (χ1n) is 7.54. The molecule has 20 heavy (non-hydrogen) atoms. The molecule has 1 saturated heterocycles. The van der Waals surface area contributed by atoms with E-state index in [0.717, 1.165) is 25.8 Å². The van der Waals surface area contributed by atoms with Gasteiger partial charge in [-0.3, -0.25) is 4.79 Å². The van der Waals surface area contributed by atoms with Crippen LogP contribution in [-0.2, 0) is 4.79 Å². The Balaban J connectivity index is 1.76. The Labute approximate surface area is 117 Å². The highest BCUT2D eigenvalue weighted by atomic mass is 19.4. The summed E-state index contributed by atoms with van der Waals surface area (Å²) in [4.78, 5) is 12.0. The minimum atomic E-state index is -4.16. The number of amides is 1. The highest BCUT2D eigenvalue weighted by Crippen LogP contribution is 2.39. The molecule has 0 radical (unpaired) electrons. The van der Waals surface area contributed by atoms with Crippen LogP contribution in [0.3, 0.4) is 0 Å². The number of halogens is 3. The van der Waals surface area contributed by atoms with Crippen molar-refractivity contribution in [1.82, 2.24) is 10.6 Å². The molecule has 3 nitrogen and oxygen atoms in total. The molecule has 0 spiro atoms. The maximum Gasteiger partial charge on any atom is 0.391 e. The highest BCUT2D eigenvalue weighted by molar-refractivity contribution is 5.78. The summed E-state index contributed by atoms with van der Waals surface area (Å²) in [7, 11) is 0. The van der Waals surface area contributed by atoms with E-state index in [2.05, 4.69) is 10.6 Å². The van der Waals surface area contributed by atoms with Crippen molar-refractivity contribution < 1.29 is 18.0 Å². The van der Waals surface area contributed by atoms with Gasteiger partial charge in [0.15, 0.2) is 0 Å². The zero-order chi connectivity index (χ0) is 14.6. The van der Waals surface area contributed by atoms with E-state index >= 15 is 0 Å². The number of nitrogens with one attached hydrogen (secondary N) is 2. The number of piperidine rings is 1. The average molecular weight is 292 g/mol. The Hall–Kier alpha value is -0.780. The van der Waals surface area contributed by atoms with Crippen molar-refractivity contribution in [1.29, 1.82) is 0 Å². The number of carbonyl (C=O) groups is 1. The lowest BCUT2D eigenvalue weighted by molar-refractivity contribution is -0.186. The normalized spacial score (nSPS) is 31.9. The van der Waals surface area contributed by atoms with Crippen LogP contribution < -0.4 is 10.6 Å². The third kappa shape index (κ3) is 4.36. The predicted octanol–water partition coefficient (Wildman–Crippen LogP) is 2.61. The first-order valence-corrected chi connectivity index (χ1v) is 7.54. The van der Waals surface area contributed by atoms with Crippen LogP contribution in [0.5, 0.6) is 0 Å². The minimum Gasteiger partial charge on any atom is -0.354 e. The molecule has 2 fully saturated rings. The summed E-state index contributed by atoms with van der Waals surface area (Å²) in [6.45, 7) is 1.49. The summed E-state index contributed by atoms with van der Waals surface area (Å²) < 4.78 is 38.1. The van der Waals surface area contributed by atoms with Crippen LogP contribution >= 0.6 is 0 Å². The summed E-state index contributed by atoms with van der Waals surface area (Å²) >= 11 is 0. The van der Waals surface area contributed by atoms with Gasteiger partial charge in [-0.05, 0) is 38.6 Å². The molecule has 2 N–H and O–H groups in total. The van der Waals surface area contributed by atoms with Crippen LogP contribution in [0.15, 0.2) is 0 Å². The average Bonchev–Trinajstić information content (AvgIpc) is 2.45. The first kappa shape index (κ1) is 15.6. The Bertz CT molecular complexity index is 327. The van der Waals surface area contributed by atoms with Crippen molar-refractivity contribution in [2.75, 3.05) is 13.1 Å². The molecule has 2 rings (SSSR count). The van der Waals surface area contributed by atoms with E-state index in [1.54, 1.807) is 0 Å². The zero-order valence-electron chi connectivity index (χ0n) is 11.6. The smallest absolute Gasteiger partial charge is 0.354 e. The zero-order valence-corrected chi connectivity index (χ0v) is 11.6. The molecule has 3 atom stereocenters. The molecule has 0 bridgehead atoms. The molecule has 1 aliphatic carbocycles. The lowest BCUT2D eigenvalue weighted by Crippen LogP contribution is -2.45. The van der Waals surface area contributed by atoms with Crippen LogP contribution in [0.2, 0.25) is 0 Å². The second kappa shape index (κ2) is 6.78. The maximum absolute atomic E-state index is 12.7. The van der Waals surface area contributed by atoms with Gasteiger partial charge < -0.3 is 10.6 Å². The van der Waals surface area contributed by atoms with E-state index in [1.807, 2.05) is 0 Å². The molecule has 116 valence electrons. The van der Waals surface area contributed by atoms with Crippen LogP contribution in [0, 0.1) is 11.8 Å². The first-order chi connectivity index (χ1) is 9.47. The number of hydrogen-bond acceptors (Lipinski definition) is 2.